The molecule has 100 valence electrons. The molecular weight excluding hydrogens is 272 g/mol. The molecule has 1 aromatic rings. The first-order valence-corrected chi connectivity index (χ1v) is 8.09. The highest BCUT2D eigenvalue weighted by Crippen LogP contribution is 2.29. The molecule has 2 rings (SSSR count). The van der Waals surface area contributed by atoms with Gasteiger partial charge < -0.3 is 10.6 Å². The van der Waals surface area contributed by atoms with Gasteiger partial charge in [-0.1, -0.05) is 17.7 Å². The van der Waals surface area contributed by atoms with Gasteiger partial charge in [0.1, 0.15) is 0 Å². The topological polar surface area (TPSA) is 63.4 Å². The summed E-state index contributed by atoms with van der Waals surface area (Å²) >= 11 is 6.23. The Morgan fingerprint density at radius 3 is 2.44 bits per heavy atom. The minimum absolute atomic E-state index is 0.0571. The summed E-state index contributed by atoms with van der Waals surface area (Å²) in [5.74, 6) is 0.386. The van der Waals surface area contributed by atoms with Crippen LogP contribution in [0.2, 0.25) is 5.02 Å². The van der Waals surface area contributed by atoms with Gasteiger partial charge in [-0.2, -0.15) is 0 Å². The van der Waals surface area contributed by atoms with Crippen LogP contribution >= 0.6 is 11.6 Å². The lowest BCUT2D eigenvalue weighted by molar-refractivity contribution is 0.587. The predicted molar refractivity (Wildman–Crippen MR) is 74.9 cm³/mol. The molecule has 1 aliphatic rings. The van der Waals surface area contributed by atoms with Gasteiger partial charge >= 0.3 is 0 Å². The Hall–Kier alpha value is -0.780. The van der Waals surface area contributed by atoms with Gasteiger partial charge in [0.25, 0.3) is 0 Å². The quantitative estimate of drug-likeness (QED) is 0.898. The third-order valence-electron chi connectivity index (χ3n) is 3.18. The van der Waals surface area contributed by atoms with Gasteiger partial charge in [0.05, 0.1) is 22.2 Å². The van der Waals surface area contributed by atoms with Crippen molar-refractivity contribution in [1.82, 2.24) is 0 Å². The molecule has 1 aromatic carbocycles. The molecule has 2 N–H and O–H groups in total. The summed E-state index contributed by atoms with van der Waals surface area (Å²) < 4.78 is 22.8. The van der Waals surface area contributed by atoms with E-state index in [0.29, 0.717) is 18.1 Å². The van der Waals surface area contributed by atoms with Crippen LogP contribution in [0.5, 0.6) is 0 Å². The highest BCUT2D eigenvalue weighted by Gasteiger charge is 2.23. The van der Waals surface area contributed by atoms with Crippen molar-refractivity contribution in [3.05, 3.63) is 28.8 Å². The summed E-state index contributed by atoms with van der Waals surface area (Å²) in [6, 6.07) is 5.65. The van der Waals surface area contributed by atoms with Crippen LogP contribution in [0.3, 0.4) is 0 Å². The SMILES string of the molecule is C[C@H](N)c1ccc(N2CCS(=O)(=O)CC2)c(Cl)c1. The first-order valence-electron chi connectivity index (χ1n) is 5.89. The molecule has 0 aromatic heterocycles. The Balaban J connectivity index is 2.20. The lowest BCUT2D eigenvalue weighted by Crippen LogP contribution is -2.40. The number of benzene rings is 1. The van der Waals surface area contributed by atoms with E-state index in [1.807, 2.05) is 30.0 Å². The van der Waals surface area contributed by atoms with E-state index >= 15 is 0 Å². The number of hydrogen-bond donors (Lipinski definition) is 1. The van der Waals surface area contributed by atoms with E-state index in [4.69, 9.17) is 17.3 Å². The maximum Gasteiger partial charge on any atom is 0.153 e. The van der Waals surface area contributed by atoms with Crippen LogP contribution in [0.4, 0.5) is 5.69 Å². The zero-order valence-electron chi connectivity index (χ0n) is 10.3. The first kappa shape index (κ1) is 13.6. The van der Waals surface area contributed by atoms with Gasteiger partial charge in [-0.05, 0) is 24.6 Å². The Morgan fingerprint density at radius 2 is 1.94 bits per heavy atom. The van der Waals surface area contributed by atoms with Crippen molar-refractivity contribution in [2.75, 3.05) is 29.5 Å². The van der Waals surface area contributed by atoms with Gasteiger partial charge in [0.2, 0.25) is 0 Å². The predicted octanol–water partition coefficient (Wildman–Crippen LogP) is 1.59. The summed E-state index contributed by atoms with van der Waals surface area (Å²) in [7, 11) is -2.86. The average Bonchev–Trinajstić information content (AvgIpc) is 2.29. The summed E-state index contributed by atoms with van der Waals surface area (Å²) in [5.41, 5.74) is 7.66. The van der Waals surface area contributed by atoms with E-state index in [9.17, 15) is 8.42 Å². The Bertz CT molecular complexity index is 529. The summed E-state index contributed by atoms with van der Waals surface area (Å²) in [5, 5.41) is 0.629. The van der Waals surface area contributed by atoms with Gasteiger partial charge in [-0.25, -0.2) is 8.42 Å². The van der Waals surface area contributed by atoms with E-state index in [0.717, 1.165) is 11.3 Å². The van der Waals surface area contributed by atoms with Crippen LogP contribution in [0.15, 0.2) is 18.2 Å². The normalized spacial score (nSPS) is 20.7. The summed E-state index contributed by atoms with van der Waals surface area (Å²) in [6.07, 6.45) is 0. The van der Waals surface area contributed by atoms with E-state index in [2.05, 4.69) is 0 Å². The zero-order chi connectivity index (χ0) is 13.3. The smallest absolute Gasteiger partial charge is 0.153 e. The van der Waals surface area contributed by atoms with Crippen LogP contribution in [0, 0.1) is 0 Å². The second-order valence-electron chi connectivity index (χ2n) is 4.64. The highest BCUT2D eigenvalue weighted by atomic mass is 35.5. The summed E-state index contributed by atoms with van der Waals surface area (Å²) in [4.78, 5) is 2.01. The van der Waals surface area contributed by atoms with Crippen molar-refractivity contribution < 1.29 is 8.42 Å². The van der Waals surface area contributed by atoms with Crippen LogP contribution < -0.4 is 10.6 Å². The number of halogens is 1. The van der Waals surface area contributed by atoms with E-state index in [-0.39, 0.29) is 17.5 Å². The molecule has 0 amide bonds. The largest absolute Gasteiger partial charge is 0.368 e. The number of nitrogens with zero attached hydrogens (tertiary/aromatic N) is 1. The van der Waals surface area contributed by atoms with Crippen molar-refractivity contribution in [2.45, 2.75) is 13.0 Å². The molecule has 1 aliphatic heterocycles. The average molecular weight is 289 g/mol. The lowest BCUT2D eigenvalue weighted by atomic mass is 10.1. The van der Waals surface area contributed by atoms with E-state index in [1.165, 1.54) is 0 Å². The zero-order valence-corrected chi connectivity index (χ0v) is 11.8. The van der Waals surface area contributed by atoms with E-state index in [1.54, 1.807) is 0 Å². The summed E-state index contributed by atoms with van der Waals surface area (Å²) in [6.45, 7) is 2.90. The van der Waals surface area contributed by atoms with Gasteiger partial charge in [-0.15, -0.1) is 0 Å². The minimum atomic E-state index is -2.86. The maximum absolute atomic E-state index is 11.4. The van der Waals surface area contributed by atoms with Crippen molar-refractivity contribution in [2.24, 2.45) is 5.73 Å². The van der Waals surface area contributed by atoms with Crippen LogP contribution in [-0.4, -0.2) is 33.0 Å². The molecule has 1 heterocycles. The van der Waals surface area contributed by atoms with Crippen molar-refractivity contribution >= 4 is 27.1 Å². The fourth-order valence-electron chi connectivity index (χ4n) is 2.02. The fourth-order valence-corrected chi connectivity index (χ4v) is 3.53. The fraction of sp³-hybridized carbons (Fsp3) is 0.500. The monoisotopic (exact) mass is 288 g/mol. The van der Waals surface area contributed by atoms with Gasteiger partial charge in [-0.3, -0.25) is 0 Å². The molecule has 1 saturated heterocycles. The second-order valence-corrected chi connectivity index (χ2v) is 7.35. The molecule has 1 atom stereocenters. The van der Waals surface area contributed by atoms with Crippen molar-refractivity contribution in [3.8, 4) is 0 Å². The molecule has 0 spiro atoms. The molecule has 4 nitrogen and oxygen atoms in total. The number of rotatable bonds is 2. The molecule has 0 aliphatic carbocycles. The van der Waals surface area contributed by atoms with Crippen LogP contribution in [-0.2, 0) is 9.84 Å². The first-order chi connectivity index (χ1) is 8.39. The molecule has 0 saturated carbocycles. The number of nitrogens with two attached hydrogens (primary N) is 1. The van der Waals surface area contributed by atoms with Gasteiger partial charge in [0, 0.05) is 19.1 Å². The third-order valence-corrected chi connectivity index (χ3v) is 5.09. The molecule has 1 fully saturated rings. The minimum Gasteiger partial charge on any atom is -0.368 e. The molecular formula is C12H17ClN2O2S. The lowest BCUT2D eigenvalue weighted by Gasteiger charge is -2.29. The van der Waals surface area contributed by atoms with Crippen LogP contribution in [0.25, 0.3) is 0 Å². The standard InChI is InChI=1S/C12H17ClN2O2S/c1-9(14)10-2-3-12(11(13)8-10)15-4-6-18(16,17)7-5-15/h2-3,8-9H,4-7,14H2,1H3/t9-/m0/s1. The van der Waals surface area contributed by atoms with Crippen LogP contribution in [0.1, 0.15) is 18.5 Å². The molecule has 0 radical (unpaired) electrons. The number of sulfone groups is 1. The molecule has 0 unspecified atom stereocenters. The van der Waals surface area contributed by atoms with Gasteiger partial charge in [0.15, 0.2) is 9.84 Å². The second kappa shape index (κ2) is 5.07. The number of hydrogen-bond acceptors (Lipinski definition) is 4. The molecule has 6 heteroatoms. The van der Waals surface area contributed by atoms with Crippen molar-refractivity contribution in [1.29, 1.82) is 0 Å². The maximum atomic E-state index is 11.4. The molecule has 18 heavy (non-hydrogen) atoms. The Morgan fingerprint density at radius 1 is 1.33 bits per heavy atom. The highest BCUT2D eigenvalue weighted by molar-refractivity contribution is 7.91. The Kier molecular flexibility index (Phi) is 3.84. The third kappa shape index (κ3) is 2.96. The number of anilines is 1. The Labute approximate surface area is 113 Å². The molecule has 0 bridgehead atoms. The van der Waals surface area contributed by atoms with Crippen molar-refractivity contribution in [3.63, 3.8) is 0 Å². The van der Waals surface area contributed by atoms with E-state index < -0.39 is 9.84 Å².